The highest BCUT2D eigenvalue weighted by Crippen LogP contribution is 2.17. The number of hydrogen-bond donors (Lipinski definition) is 2. The summed E-state index contributed by atoms with van der Waals surface area (Å²) in [5, 5.41) is 3.66. The van der Waals surface area contributed by atoms with Crippen LogP contribution in [0.15, 0.2) is 42.9 Å². The predicted molar refractivity (Wildman–Crippen MR) is 73.0 cm³/mol. The van der Waals surface area contributed by atoms with Crippen molar-refractivity contribution in [3.63, 3.8) is 0 Å². The molecule has 0 radical (unpaired) electrons. The van der Waals surface area contributed by atoms with Crippen LogP contribution in [0.4, 0.5) is 5.69 Å². The van der Waals surface area contributed by atoms with E-state index in [0.29, 0.717) is 11.2 Å². The first kappa shape index (κ1) is 11.4. The molecule has 3 aromatic heterocycles. The van der Waals surface area contributed by atoms with E-state index in [9.17, 15) is 4.79 Å². The topological polar surface area (TPSA) is 70.7 Å². The average Bonchev–Trinajstić information content (AvgIpc) is 2.82. The van der Waals surface area contributed by atoms with Gasteiger partial charge in [-0.1, -0.05) is 0 Å². The van der Waals surface area contributed by atoms with Crippen molar-refractivity contribution in [3.8, 4) is 0 Å². The molecule has 0 fully saturated rings. The van der Waals surface area contributed by atoms with Crippen LogP contribution in [0.1, 0.15) is 16.1 Å². The average molecular weight is 252 g/mol. The summed E-state index contributed by atoms with van der Waals surface area (Å²) in [6.45, 7) is 1.88. The normalized spacial score (nSPS) is 10.6. The third-order valence-electron chi connectivity index (χ3n) is 2.85. The number of carbonyl (C=O) groups is 1. The largest absolute Gasteiger partial charge is 0.345 e. The number of H-pyrrole nitrogens is 1. The van der Waals surface area contributed by atoms with Crippen LogP contribution in [0.2, 0.25) is 0 Å². The van der Waals surface area contributed by atoms with Crippen LogP contribution in [-0.4, -0.2) is 20.9 Å². The van der Waals surface area contributed by atoms with Gasteiger partial charge in [-0.2, -0.15) is 0 Å². The van der Waals surface area contributed by atoms with Crippen LogP contribution < -0.4 is 5.32 Å². The number of pyridine rings is 2. The third-order valence-corrected chi connectivity index (χ3v) is 2.85. The minimum atomic E-state index is -0.162. The Morgan fingerprint density at radius 3 is 3.00 bits per heavy atom. The standard InChI is InChI=1S/C14H12N4O/c1-9-7-10(4-6-15-9)18-14(19)12-8-17-13-11(12)3-2-5-16-13/h2-8H,1H3,(H,16,17)(H,15,18,19). The zero-order valence-corrected chi connectivity index (χ0v) is 10.3. The van der Waals surface area contributed by atoms with Gasteiger partial charge in [0.15, 0.2) is 0 Å². The molecule has 0 aliphatic rings. The first-order valence-corrected chi connectivity index (χ1v) is 5.90. The molecule has 0 spiro atoms. The molecule has 1 amide bonds. The molecule has 0 aliphatic heterocycles. The molecule has 0 bridgehead atoms. The molecule has 0 saturated carbocycles. The number of aromatic amines is 1. The quantitative estimate of drug-likeness (QED) is 0.736. The van der Waals surface area contributed by atoms with E-state index in [-0.39, 0.29) is 5.91 Å². The van der Waals surface area contributed by atoms with E-state index >= 15 is 0 Å². The molecule has 3 heterocycles. The second kappa shape index (κ2) is 4.53. The number of nitrogens with zero attached hydrogens (tertiary/aromatic N) is 2. The zero-order valence-electron chi connectivity index (χ0n) is 10.3. The van der Waals surface area contributed by atoms with Crippen LogP contribution in [-0.2, 0) is 0 Å². The Bertz CT molecular complexity index is 748. The van der Waals surface area contributed by atoms with Crippen LogP contribution in [0, 0.1) is 6.92 Å². The van der Waals surface area contributed by atoms with E-state index in [2.05, 4.69) is 20.3 Å². The smallest absolute Gasteiger partial charge is 0.257 e. The van der Waals surface area contributed by atoms with Crippen LogP contribution in [0.25, 0.3) is 11.0 Å². The lowest BCUT2D eigenvalue weighted by Gasteiger charge is -2.04. The lowest BCUT2D eigenvalue weighted by Crippen LogP contribution is -2.11. The van der Waals surface area contributed by atoms with E-state index < -0.39 is 0 Å². The fourth-order valence-electron chi connectivity index (χ4n) is 1.97. The Hall–Kier alpha value is -2.69. The molecule has 19 heavy (non-hydrogen) atoms. The summed E-state index contributed by atoms with van der Waals surface area (Å²) >= 11 is 0. The SMILES string of the molecule is Cc1cc(NC(=O)c2c[nH]c3ncccc23)ccn1. The summed E-state index contributed by atoms with van der Waals surface area (Å²) in [7, 11) is 0. The van der Waals surface area contributed by atoms with E-state index in [1.165, 1.54) is 0 Å². The fraction of sp³-hybridized carbons (Fsp3) is 0.0714. The van der Waals surface area contributed by atoms with Gasteiger partial charge in [-0.3, -0.25) is 9.78 Å². The van der Waals surface area contributed by atoms with Gasteiger partial charge < -0.3 is 10.3 Å². The summed E-state index contributed by atoms with van der Waals surface area (Å²) < 4.78 is 0. The highest BCUT2D eigenvalue weighted by atomic mass is 16.1. The monoisotopic (exact) mass is 252 g/mol. The Labute approximate surface area is 109 Å². The summed E-state index contributed by atoms with van der Waals surface area (Å²) in [6, 6.07) is 7.26. The molecule has 5 heteroatoms. The Morgan fingerprint density at radius 2 is 2.16 bits per heavy atom. The molecular formula is C14H12N4O. The molecule has 2 N–H and O–H groups in total. The van der Waals surface area contributed by atoms with Gasteiger partial charge >= 0.3 is 0 Å². The van der Waals surface area contributed by atoms with Gasteiger partial charge in [-0.25, -0.2) is 4.98 Å². The van der Waals surface area contributed by atoms with Gasteiger partial charge in [0.2, 0.25) is 0 Å². The maximum atomic E-state index is 12.2. The second-order valence-electron chi connectivity index (χ2n) is 4.24. The van der Waals surface area contributed by atoms with Gasteiger partial charge in [-0.05, 0) is 31.2 Å². The fourth-order valence-corrected chi connectivity index (χ4v) is 1.97. The van der Waals surface area contributed by atoms with Crippen molar-refractivity contribution in [2.75, 3.05) is 5.32 Å². The van der Waals surface area contributed by atoms with Crippen LogP contribution in [0.3, 0.4) is 0 Å². The number of fused-ring (bicyclic) bond motifs is 1. The maximum absolute atomic E-state index is 12.2. The summed E-state index contributed by atoms with van der Waals surface area (Å²) in [5.74, 6) is -0.162. The Balaban J connectivity index is 1.92. The number of carbonyl (C=O) groups excluding carboxylic acids is 1. The van der Waals surface area contributed by atoms with Gasteiger partial charge in [0.1, 0.15) is 5.65 Å². The highest BCUT2D eigenvalue weighted by molar-refractivity contribution is 6.12. The first-order chi connectivity index (χ1) is 9.24. The number of hydrogen-bond acceptors (Lipinski definition) is 3. The van der Waals surface area contributed by atoms with E-state index in [0.717, 1.165) is 16.8 Å². The highest BCUT2D eigenvalue weighted by Gasteiger charge is 2.12. The maximum Gasteiger partial charge on any atom is 0.257 e. The van der Waals surface area contributed by atoms with Crippen LogP contribution in [0.5, 0.6) is 0 Å². The molecule has 94 valence electrons. The molecule has 0 atom stereocenters. The van der Waals surface area contributed by atoms with Crippen LogP contribution >= 0.6 is 0 Å². The van der Waals surface area contributed by atoms with Crippen molar-refractivity contribution in [2.45, 2.75) is 6.92 Å². The van der Waals surface area contributed by atoms with Gasteiger partial charge in [0.25, 0.3) is 5.91 Å². The second-order valence-corrected chi connectivity index (χ2v) is 4.24. The van der Waals surface area contributed by atoms with E-state index in [1.54, 1.807) is 24.7 Å². The number of aromatic nitrogens is 3. The molecule has 0 aliphatic carbocycles. The summed E-state index contributed by atoms with van der Waals surface area (Å²) in [5.41, 5.74) is 2.88. The molecule has 0 unspecified atom stereocenters. The number of nitrogens with one attached hydrogen (secondary N) is 2. The number of rotatable bonds is 2. The predicted octanol–water partition coefficient (Wildman–Crippen LogP) is 2.52. The lowest BCUT2D eigenvalue weighted by molar-refractivity contribution is 0.102. The number of aryl methyl sites for hydroxylation is 1. The molecule has 0 aromatic carbocycles. The Kier molecular flexibility index (Phi) is 2.72. The van der Waals surface area contributed by atoms with Gasteiger partial charge in [0.05, 0.1) is 5.56 Å². The third kappa shape index (κ3) is 2.18. The van der Waals surface area contributed by atoms with E-state index in [1.807, 2.05) is 25.1 Å². The molecule has 3 aromatic rings. The minimum absolute atomic E-state index is 0.162. The van der Waals surface area contributed by atoms with Crippen molar-refractivity contribution in [2.24, 2.45) is 0 Å². The summed E-state index contributed by atoms with van der Waals surface area (Å²) in [6.07, 6.45) is 5.02. The summed E-state index contributed by atoms with van der Waals surface area (Å²) in [4.78, 5) is 23.5. The van der Waals surface area contributed by atoms with Gasteiger partial charge in [-0.15, -0.1) is 0 Å². The Morgan fingerprint density at radius 1 is 1.26 bits per heavy atom. The van der Waals surface area contributed by atoms with Crippen molar-refractivity contribution in [3.05, 3.63) is 54.1 Å². The van der Waals surface area contributed by atoms with Gasteiger partial charge in [0, 0.05) is 35.4 Å². The molecule has 3 rings (SSSR count). The lowest BCUT2D eigenvalue weighted by atomic mass is 10.2. The van der Waals surface area contributed by atoms with Crippen molar-refractivity contribution in [1.82, 2.24) is 15.0 Å². The first-order valence-electron chi connectivity index (χ1n) is 5.90. The molecule has 0 saturated heterocycles. The zero-order chi connectivity index (χ0) is 13.2. The minimum Gasteiger partial charge on any atom is -0.345 e. The van der Waals surface area contributed by atoms with Crippen molar-refractivity contribution < 1.29 is 4.79 Å². The van der Waals surface area contributed by atoms with E-state index in [4.69, 9.17) is 0 Å². The molecule has 5 nitrogen and oxygen atoms in total. The van der Waals surface area contributed by atoms with Crippen molar-refractivity contribution in [1.29, 1.82) is 0 Å². The van der Waals surface area contributed by atoms with Crippen molar-refractivity contribution >= 4 is 22.6 Å². The number of amides is 1. The number of anilines is 1. The molecular weight excluding hydrogens is 240 g/mol.